The second-order valence-corrected chi connectivity index (χ2v) is 6.63. The number of thioether (sulfide) groups is 1. The standard InChI is InChI=1S/C12H16N8S2/c1-2-3-6-19-11(13-15-17-19)9-22-12-14-16-18-20(12)8-10-5-4-7-21-10/h4-5,7H,2-3,6,8-9H2,1H3. The lowest BCUT2D eigenvalue weighted by atomic mass is 10.3. The van der Waals surface area contributed by atoms with Crippen molar-refractivity contribution in [3.8, 4) is 0 Å². The van der Waals surface area contributed by atoms with Gasteiger partial charge in [0, 0.05) is 11.4 Å². The molecule has 3 rings (SSSR count). The predicted molar refractivity (Wildman–Crippen MR) is 83.5 cm³/mol. The van der Waals surface area contributed by atoms with E-state index in [2.05, 4.69) is 44.0 Å². The molecule has 0 amide bonds. The molecule has 0 aliphatic rings. The minimum absolute atomic E-state index is 0.654. The number of hydrogen-bond donors (Lipinski definition) is 0. The van der Waals surface area contributed by atoms with Gasteiger partial charge in [-0.3, -0.25) is 0 Å². The van der Waals surface area contributed by atoms with Crippen LogP contribution in [0.5, 0.6) is 0 Å². The van der Waals surface area contributed by atoms with Crippen molar-refractivity contribution in [2.45, 2.75) is 43.8 Å². The normalized spacial score (nSPS) is 11.1. The van der Waals surface area contributed by atoms with E-state index in [-0.39, 0.29) is 0 Å². The van der Waals surface area contributed by atoms with Crippen molar-refractivity contribution in [2.24, 2.45) is 0 Å². The highest BCUT2D eigenvalue weighted by molar-refractivity contribution is 7.98. The lowest BCUT2D eigenvalue weighted by molar-refractivity contribution is 0.540. The van der Waals surface area contributed by atoms with Gasteiger partial charge in [0.25, 0.3) is 0 Å². The Bertz CT molecular complexity index is 690. The van der Waals surface area contributed by atoms with E-state index in [9.17, 15) is 0 Å². The van der Waals surface area contributed by atoms with E-state index < -0.39 is 0 Å². The lowest BCUT2D eigenvalue weighted by Crippen LogP contribution is -2.06. The van der Waals surface area contributed by atoms with Crippen molar-refractivity contribution in [3.63, 3.8) is 0 Å². The Labute approximate surface area is 135 Å². The molecule has 0 bridgehead atoms. The number of aryl methyl sites for hydroxylation is 1. The van der Waals surface area contributed by atoms with Gasteiger partial charge < -0.3 is 0 Å². The molecule has 0 fully saturated rings. The van der Waals surface area contributed by atoms with Crippen LogP contribution in [0.2, 0.25) is 0 Å². The minimum Gasteiger partial charge on any atom is -0.229 e. The second kappa shape index (κ2) is 7.45. The van der Waals surface area contributed by atoms with E-state index in [0.717, 1.165) is 30.4 Å². The molecule has 0 saturated heterocycles. The van der Waals surface area contributed by atoms with Crippen molar-refractivity contribution >= 4 is 23.1 Å². The molecule has 3 aromatic heterocycles. The first-order valence-electron chi connectivity index (χ1n) is 7.03. The highest BCUT2D eigenvalue weighted by Crippen LogP contribution is 2.20. The average Bonchev–Trinajstić information content (AvgIpc) is 3.26. The minimum atomic E-state index is 0.654. The average molecular weight is 336 g/mol. The van der Waals surface area contributed by atoms with Crippen LogP contribution >= 0.6 is 23.1 Å². The number of rotatable bonds is 8. The molecule has 0 atom stereocenters. The largest absolute Gasteiger partial charge is 0.229 e. The Morgan fingerprint density at radius 1 is 1.18 bits per heavy atom. The van der Waals surface area contributed by atoms with Gasteiger partial charge in [0.05, 0.1) is 12.3 Å². The SMILES string of the molecule is CCCCn1nnnc1CSc1nnnn1Cc1cccs1. The van der Waals surface area contributed by atoms with Crippen LogP contribution in [-0.2, 0) is 18.8 Å². The van der Waals surface area contributed by atoms with Gasteiger partial charge in [0.15, 0.2) is 5.82 Å². The van der Waals surface area contributed by atoms with E-state index in [4.69, 9.17) is 0 Å². The number of nitrogens with zero attached hydrogens (tertiary/aromatic N) is 8. The van der Waals surface area contributed by atoms with E-state index in [1.807, 2.05) is 16.1 Å². The molecule has 0 aliphatic heterocycles. The summed E-state index contributed by atoms with van der Waals surface area (Å²) >= 11 is 3.24. The molecule has 0 unspecified atom stereocenters. The van der Waals surface area contributed by atoms with Gasteiger partial charge in [-0.15, -0.1) is 21.5 Å². The fourth-order valence-electron chi connectivity index (χ4n) is 1.89. The van der Waals surface area contributed by atoms with Gasteiger partial charge in [-0.25, -0.2) is 9.36 Å². The summed E-state index contributed by atoms with van der Waals surface area (Å²) in [5, 5.41) is 26.6. The van der Waals surface area contributed by atoms with E-state index in [1.165, 1.54) is 4.88 Å². The molecule has 0 aromatic carbocycles. The summed E-state index contributed by atoms with van der Waals surface area (Å²) in [5.74, 6) is 1.51. The molecule has 3 heterocycles. The molecule has 116 valence electrons. The molecular formula is C12H16N8S2. The fourth-order valence-corrected chi connectivity index (χ4v) is 3.38. The molecule has 0 aliphatic carbocycles. The predicted octanol–water partition coefficient (Wildman–Crippen LogP) is 1.86. The van der Waals surface area contributed by atoms with E-state index >= 15 is 0 Å². The number of unbranched alkanes of at least 4 members (excludes halogenated alkanes) is 1. The molecule has 0 saturated carbocycles. The summed E-state index contributed by atoms with van der Waals surface area (Å²) in [6, 6.07) is 4.10. The van der Waals surface area contributed by atoms with Crippen molar-refractivity contribution in [2.75, 3.05) is 0 Å². The summed E-state index contributed by atoms with van der Waals surface area (Å²) in [7, 11) is 0. The monoisotopic (exact) mass is 336 g/mol. The van der Waals surface area contributed by atoms with Crippen LogP contribution in [0.3, 0.4) is 0 Å². The highest BCUT2D eigenvalue weighted by atomic mass is 32.2. The quantitative estimate of drug-likeness (QED) is 0.580. The third-order valence-electron chi connectivity index (χ3n) is 3.04. The third-order valence-corrected chi connectivity index (χ3v) is 4.86. The smallest absolute Gasteiger partial charge is 0.210 e. The van der Waals surface area contributed by atoms with Crippen molar-refractivity contribution in [1.29, 1.82) is 0 Å². The van der Waals surface area contributed by atoms with Gasteiger partial charge in [-0.2, -0.15) is 0 Å². The van der Waals surface area contributed by atoms with Crippen molar-refractivity contribution in [3.05, 3.63) is 28.2 Å². The number of aromatic nitrogens is 8. The van der Waals surface area contributed by atoms with Crippen molar-refractivity contribution < 1.29 is 0 Å². The number of thiophene rings is 1. The van der Waals surface area contributed by atoms with Crippen molar-refractivity contribution in [1.82, 2.24) is 40.4 Å². The lowest BCUT2D eigenvalue weighted by Gasteiger charge is -2.04. The molecule has 3 aromatic rings. The maximum atomic E-state index is 4.08. The van der Waals surface area contributed by atoms with Gasteiger partial charge in [-0.1, -0.05) is 31.2 Å². The zero-order chi connectivity index (χ0) is 15.2. The van der Waals surface area contributed by atoms with Crippen LogP contribution in [0.4, 0.5) is 0 Å². The molecule has 8 nitrogen and oxygen atoms in total. The Morgan fingerprint density at radius 3 is 2.86 bits per heavy atom. The van der Waals surface area contributed by atoms with Crippen LogP contribution < -0.4 is 0 Å². The van der Waals surface area contributed by atoms with Crippen LogP contribution in [0, 0.1) is 0 Å². The van der Waals surface area contributed by atoms with E-state index in [0.29, 0.717) is 12.3 Å². The molecule has 22 heavy (non-hydrogen) atoms. The summed E-state index contributed by atoms with van der Waals surface area (Å²) in [6.45, 7) is 3.69. The maximum Gasteiger partial charge on any atom is 0.210 e. The first-order valence-corrected chi connectivity index (χ1v) is 8.89. The summed E-state index contributed by atoms with van der Waals surface area (Å²) in [4.78, 5) is 1.22. The van der Waals surface area contributed by atoms with E-state index in [1.54, 1.807) is 27.8 Å². The number of tetrazole rings is 2. The topological polar surface area (TPSA) is 87.2 Å². The third kappa shape index (κ3) is 3.69. The summed E-state index contributed by atoms with van der Waals surface area (Å²) in [6.07, 6.45) is 2.18. The summed E-state index contributed by atoms with van der Waals surface area (Å²) in [5.41, 5.74) is 0. The van der Waals surface area contributed by atoms with Crippen LogP contribution in [0.25, 0.3) is 0 Å². The number of hydrogen-bond acceptors (Lipinski definition) is 8. The molecular weight excluding hydrogens is 320 g/mol. The molecule has 10 heteroatoms. The Kier molecular flexibility index (Phi) is 5.11. The first-order chi connectivity index (χ1) is 10.9. The van der Waals surface area contributed by atoms with Crippen LogP contribution in [0.1, 0.15) is 30.5 Å². The zero-order valence-electron chi connectivity index (χ0n) is 12.2. The Hall–Kier alpha value is -1.81. The van der Waals surface area contributed by atoms with Gasteiger partial charge in [0.1, 0.15) is 0 Å². The molecule has 0 radical (unpaired) electrons. The van der Waals surface area contributed by atoms with Crippen LogP contribution in [-0.4, -0.2) is 40.4 Å². The zero-order valence-corrected chi connectivity index (χ0v) is 13.8. The van der Waals surface area contributed by atoms with Crippen LogP contribution in [0.15, 0.2) is 22.7 Å². The summed E-state index contributed by atoms with van der Waals surface area (Å²) < 4.78 is 3.65. The maximum absolute atomic E-state index is 4.08. The van der Waals surface area contributed by atoms with Gasteiger partial charge in [-0.05, 0) is 38.7 Å². The Balaban J connectivity index is 1.62. The molecule has 0 N–H and O–H groups in total. The van der Waals surface area contributed by atoms with Gasteiger partial charge in [0.2, 0.25) is 5.16 Å². The Morgan fingerprint density at radius 2 is 2.05 bits per heavy atom. The first kappa shape index (κ1) is 15.1. The molecule has 0 spiro atoms. The highest BCUT2D eigenvalue weighted by Gasteiger charge is 2.12. The second-order valence-electron chi connectivity index (χ2n) is 4.66. The fraction of sp³-hybridized carbons (Fsp3) is 0.500. The van der Waals surface area contributed by atoms with Gasteiger partial charge >= 0.3 is 0 Å².